The fourth-order valence-electron chi connectivity index (χ4n) is 9.34. The van der Waals surface area contributed by atoms with Crippen LogP contribution in [0.4, 0.5) is 17.1 Å². The van der Waals surface area contributed by atoms with Gasteiger partial charge in [-0.2, -0.15) is 0 Å². The van der Waals surface area contributed by atoms with Crippen molar-refractivity contribution in [2.24, 2.45) is 0 Å². The van der Waals surface area contributed by atoms with Gasteiger partial charge in [-0.15, -0.1) is 0 Å². The molecule has 0 bridgehead atoms. The predicted octanol–water partition coefficient (Wildman–Crippen LogP) is 13.8. The Morgan fingerprint density at radius 1 is 0.382 bits per heavy atom. The average molecular weight is 701 g/mol. The molecule has 1 aliphatic carbocycles. The van der Waals surface area contributed by atoms with Crippen LogP contribution in [-0.2, 0) is 5.41 Å². The number of hydrogen-bond donors (Lipinski definition) is 0. The van der Waals surface area contributed by atoms with Crippen LogP contribution in [0.2, 0.25) is 0 Å². The zero-order valence-corrected chi connectivity index (χ0v) is 30.2. The van der Waals surface area contributed by atoms with Gasteiger partial charge in [0.05, 0.1) is 22.1 Å². The first kappa shape index (κ1) is 31.4. The second-order valence-electron chi connectivity index (χ2n) is 14.5. The quantitative estimate of drug-likeness (QED) is 0.168. The molecule has 0 saturated carbocycles. The van der Waals surface area contributed by atoms with Gasteiger partial charge in [0.1, 0.15) is 0 Å². The molecule has 0 aliphatic heterocycles. The Morgan fingerprint density at radius 2 is 0.964 bits per heavy atom. The molecule has 2 nitrogen and oxygen atoms in total. The molecule has 0 spiro atoms. The number of hydrogen-bond acceptors (Lipinski definition) is 1. The molecule has 0 saturated heterocycles. The summed E-state index contributed by atoms with van der Waals surface area (Å²) in [6.45, 7) is 0. The van der Waals surface area contributed by atoms with Crippen LogP contribution in [0.25, 0.3) is 49.4 Å². The Morgan fingerprint density at radius 3 is 1.75 bits per heavy atom. The molecule has 1 heterocycles. The highest BCUT2D eigenvalue weighted by Gasteiger charge is 2.46. The zero-order chi connectivity index (χ0) is 36.3. The van der Waals surface area contributed by atoms with Crippen molar-refractivity contribution in [2.45, 2.75) is 5.41 Å². The minimum absolute atomic E-state index is 0.509. The van der Waals surface area contributed by atoms with Gasteiger partial charge < -0.3 is 9.47 Å². The summed E-state index contributed by atoms with van der Waals surface area (Å²) in [5, 5.41) is 4.88. The van der Waals surface area contributed by atoms with Gasteiger partial charge in [0.15, 0.2) is 0 Å². The summed E-state index contributed by atoms with van der Waals surface area (Å²) in [5.41, 5.74) is 14.0. The van der Waals surface area contributed by atoms with Gasteiger partial charge in [-0.05, 0) is 92.7 Å². The Labute approximate surface area is 320 Å². The van der Waals surface area contributed by atoms with Crippen molar-refractivity contribution < 1.29 is 0 Å². The molecule has 0 unspecified atom stereocenters. The fraction of sp³-hybridized carbons (Fsp3) is 0.0189. The van der Waals surface area contributed by atoms with E-state index in [1.54, 1.807) is 0 Å². The van der Waals surface area contributed by atoms with Crippen molar-refractivity contribution in [1.82, 2.24) is 4.57 Å². The highest BCUT2D eigenvalue weighted by molar-refractivity contribution is 6.14. The third kappa shape index (κ3) is 4.68. The summed E-state index contributed by atoms with van der Waals surface area (Å²) in [5.74, 6) is 0. The molecule has 1 aromatic heterocycles. The Hall–Kier alpha value is -7.16. The van der Waals surface area contributed by atoms with Gasteiger partial charge >= 0.3 is 0 Å². The number of anilines is 3. The fourth-order valence-corrected chi connectivity index (χ4v) is 9.34. The minimum Gasteiger partial charge on any atom is -0.308 e. The zero-order valence-electron chi connectivity index (χ0n) is 30.2. The van der Waals surface area contributed by atoms with Gasteiger partial charge in [0.2, 0.25) is 0 Å². The van der Waals surface area contributed by atoms with Crippen LogP contribution < -0.4 is 4.90 Å². The molecule has 2 heteroatoms. The molecule has 1 aliphatic rings. The first-order valence-electron chi connectivity index (χ1n) is 19.0. The topological polar surface area (TPSA) is 8.17 Å². The van der Waals surface area contributed by atoms with Crippen LogP contribution in [0.3, 0.4) is 0 Å². The summed E-state index contributed by atoms with van der Waals surface area (Å²) in [6, 6.07) is 80.1. The number of aromatic nitrogens is 1. The van der Waals surface area contributed by atoms with E-state index in [4.69, 9.17) is 0 Å². The number of fused-ring (bicyclic) bond motifs is 7. The van der Waals surface area contributed by atoms with Crippen LogP contribution >= 0.6 is 0 Å². The maximum Gasteiger partial charge on any atom is 0.0782 e. The van der Waals surface area contributed by atoms with E-state index in [0.29, 0.717) is 0 Å². The second-order valence-corrected chi connectivity index (χ2v) is 14.5. The smallest absolute Gasteiger partial charge is 0.0782 e. The van der Waals surface area contributed by atoms with Crippen LogP contribution in [0.1, 0.15) is 22.3 Å². The number of nitrogens with zero attached hydrogens (tertiary/aromatic N) is 2. The van der Waals surface area contributed by atoms with Crippen molar-refractivity contribution in [3.05, 3.63) is 241 Å². The van der Waals surface area contributed by atoms with Crippen molar-refractivity contribution in [1.29, 1.82) is 0 Å². The highest BCUT2D eigenvalue weighted by Crippen LogP contribution is 2.57. The van der Waals surface area contributed by atoms with E-state index in [9.17, 15) is 0 Å². The highest BCUT2D eigenvalue weighted by atomic mass is 15.2. The van der Waals surface area contributed by atoms with Crippen molar-refractivity contribution in [3.8, 4) is 16.8 Å². The molecule has 55 heavy (non-hydrogen) atoms. The maximum atomic E-state index is 2.48. The summed E-state index contributed by atoms with van der Waals surface area (Å²) in [6.07, 6.45) is 0. The lowest BCUT2D eigenvalue weighted by Crippen LogP contribution is -2.28. The van der Waals surface area contributed by atoms with Gasteiger partial charge in [-0.1, -0.05) is 170 Å². The number of para-hydroxylation sites is 3. The van der Waals surface area contributed by atoms with Gasteiger partial charge in [0.25, 0.3) is 0 Å². The van der Waals surface area contributed by atoms with E-state index in [-0.39, 0.29) is 0 Å². The van der Waals surface area contributed by atoms with Gasteiger partial charge in [0, 0.05) is 27.8 Å². The average Bonchev–Trinajstić information content (AvgIpc) is 3.76. The monoisotopic (exact) mass is 700 g/mol. The van der Waals surface area contributed by atoms with Crippen LogP contribution in [0, 0.1) is 0 Å². The molecule has 0 amide bonds. The van der Waals surface area contributed by atoms with Crippen molar-refractivity contribution >= 4 is 49.6 Å². The normalized spacial score (nSPS) is 12.9. The molecule has 258 valence electrons. The number of benzene rings is 9. The maximum absolute atomic E-state index is 2.48. The SMILES string of the molecule is c1ccc(-n2c3ccccc3c3cccc(N(c4ccc5c(c4)C(c4ccccc4)(c4ccccc4)c4ccccc4-5)c4ccc5ccccc5c4)c32)cc1. The van der Waals surface area contributed by atoms with Crippen LogP contribution in [0.5, 0.6) is 0 Å². The first-order chi connectivity index (χ1) is 27.3. The molecule has 9 aromatic carbocycles. The summed E-state index contributed by atoms with van der Waals surface area (Å²) < 4.78 is 2.44. The van der Waals surface area contributed by atoms with Gasteiger partial charge in [-0.25, -0.2) is 0 Å². The van der Waals surface area contributed by atoms with E-state index in [1.807, 2.05) is 0 Å². The van der Waals surface area contributed by atoms with Gasteiger partial charge in [-0.3, -0.25) is 0 Å². The molecular weight excluding hydrogens is 665 g/mol. The predicted molar refractivity (Wildman–Crippen MR) is 230 cm³/mol. The minimum atomic E-state index is -0.509. The van der Waals surface area contributed by atoms with E-state index < -0.39 is 5.41 Å². The molecule has 10 aromatic rings. The summed E-state index contributed by atoms with van der Waals surface area (Å²) in [7, 11) is 0. The molecular formula is C53H36N2. The largest absolute Gasteiger partial charge is 0.308 e. The Kier molecular flexibility index (Phi) is 7.11. The third-order valence-corrected chi connectivity index (χ3v) is 11.6. The summed E-state index contributed by atoms with van der Waals surface area (Å²) in [4.78, 5) is 2.48. The van der Waals surface area contributed by atoms with Crippen LogP contribution in [-0.4, -0.2) is 4.57 Å². The standard InChI is InChI=1S/C53H36N2/c1-4-19-39(20-5-1)53(40-21-6-2-7-22-40)48-28-14-12-25-44(48)45-34-33-43(36-49(45)53)54(42-32-31-37-17-10-11-18-38(37)35-42)51-30-16-27-47-46-26-13-15-29-50(46)55(52(47)51)41-23-8-3-9-24-41/h1-36H. The lowest BCUT2D eigenvalue weighted by molar-refractivity contribution is 0.768. The molecule has 11 rings (SSSR count). The van der Waals surface area contributed by atoms with E-state index >= 15 is 0 Å². The Bertz CT molecular complexity index is 2990. The van der Waals surface area contributed by atoms with E-state index in [0.717, 1.165) is 22.7 Å². The van der Waals surface area contributed by atoms with Crippen LogP contribution in [0.15, 0.2) is 218 Å². The molecule has 0 N–H and O–H groups in total. The summed E-state index contributed by atoms with van der Waals surface area (Å²) >= 11 is 0. The molecule has 0 atom stereocenters. The third-order valence-electron chi connectivity index (χ3n) is 11.6. The lowest BCUT2D eigenvalue weighted by atomic mass is 9.67. The Balaban J connectivity index is 1.25. The van der Waals surface area contributed by atoms with E-state index in [2.05, 4.69) is 228 Å². The first-order valence-corrected chi connectivity index (χ1v) is 19.0. The van der Waals surface area contributed by atoms with Crippen molar-refractivity contribution in [3.63, 3.8) is 0 Å². The van der Waals surface area contributed by atoms with Crippen molar-refractivity contribution in [2.75, 3.05) is 4.90 Å². The number of rotatable bonds is 6. The second kappa shape index (κ2) is 12.5. The lowest BCUT2D eigenvalue weighted by Gasteiger charge is -2.35. The van der Waals surface area contributed by atoms with E-state index in [1.165, 1.54) is 66.0 Å². The molecule has 0 radical (unpaired) electrons. The molecule has 0 fully saturated rings.